The summed E-state index contributed by atoms with van der Waals surface area (Å²) in [5.41, 5.74) is 1.21. The van der Waals surface area contributed by atoms with Gasteiger partial charge < -0.3 is 24.8 Å². The second-order valence-electron chi connectivity index (χ2n) is 8.85. The Labute approximate surface area is 194 Å². The van der Waals surface area contributed by atoms with Gasteiger partial charge in [-0.05, 0) is 25.0 Å². The molecule has 2 amide bonds. The maximum absolute atomic E-state index is 12.7. The van der Waals surface area contributed by atoms with E-state index in [1.165, 1.54) is 6.92 Å². The van der Waals surface area contributed by atoms with Crippen molar-refractivity contribution in [2.45, 2.75) is 63.8 Å². The van der Waals surface area contributed by atoms with Crippen LogP contribution in [0.15, 0.2) is 28.8 Å². The summed E-state index contributed by atoms with van der Waals surface area (Å²) in [5.74, 6) is 0.728. The molecule has 2 aromatic rings. The number of anilines is 2. The van der Waals surface area contributed by atoms with E-state index in [-0.39, 0.29) is 18.2 Å². The number of nitrogens with zero attached hydrogens (tertiary/aromatic N) is 3. The molecule has 2 fully saturated rings. The molecule has 0 atom stereocenters. The number of carbonyl (C=O) groups is 2. The van der Waals surface area contributed by atoms with Crippen LogP contribution in [0.5, 0.6) is 0 Å². The van der Waals surface area contributed by atoms with E-state index in [1.54, 1.807) is 0 Å². The Morgan fingerprint density at radius 2 is 1.82 bits per heavy atom. The lowest BCUT2D eigenvalue weighted by molar-refractivity contribution is -0.121. The van der Waals surface area contributed by atoms with Crippen molar-refractivity contribution in [1.82, 2.24) is 15.5 Å². The lowest BCUT2D eigenvalue weighted by Crippen LogP contribution is -2.45. The number of carbonyl (C=O) groups excluding carboxylic acids is 2. The number of ether oxygens (including phenoxy) is 1. The lowest BCUT2D eigenvalue weighted by Gasteiger charge is -2.30. The average molecular weight is 456 g/mol. The molecule has 1 saturated carbocycles. The second kappa shape index (κ2) is 10.8. The summed E-state index contributed by atoms with van der Waals surface area (Å²) >= 11 is 0. The molecule has 1 aliphatic heterocycles. The number of nitrogens with one attached hydrogen (secondary N) is 2. The normalized spacial score (nSPS) is 18.4. The van der Waals surface area contributed by atoms with Gasteiger partial charge in [-0.1, -0.05) is 43.0 Å². The Kier molecular flexibility index (Phi) is 7.59. The third kappa shape index (κ3) is 5.90. The highest BCUT2D eigenvalue weighted by Gasteiger charge is 2.38. The van der Waals surface area contributed by atoms with Crippen LogP contribution < -0.4 is 15.5 Å². The van der Waals surface area contributed by atoms with Gasteiger partial charge >= 0.3 is 0 Å². The fraction of sp³-hybridized carbons (Fsp3) is 0.583. The molecular weight excluding hydrogens is 422 g/mol. The standard InChI is InChI=1S/C24H33N5O4/c1-18(30)27-24(12-6-2-3-7-13-24)23-26-22(33-28-23)11-10-21(31)25-19-8-4-5-9-20(19)29-14-16-32-17-15-29/h4-5,8-9H,2-3,6-7,10-17H2,1H3,(H,25,31)(H,27,30). The molecule has 4 rings (SSSR count). The van der Waals surface area contributed by atoms with Gasteiger partial charge in [0.15, 0.2) is 5.82 Å². The molecule has 2 heterocycles. The topological polar surface area (TPSA) is 110 Å². The smallest absolute Gasteiger partial charge is 0.227 e. The van der Waals surface area contributed by atoms with E-state index >= 15 is 0 Å². The van der Waals surface area contributed by atoms with Gasteiger partial charge in [0, 0.05) is 32.9 Å². The van der Waals surface area contributed by atoms with E-state index in [1.807, 2.05) is 24.3 Å². The molecule has 0 spiro atoms. The number of hydrogen-bond acceptors (Lipinski definition) is 7. The fourth-order valence-corrected chi connectivity index (χ4v) is 4.72. The van der Waals surface area contributed by atoms with Gasteiger partial charge in [0.1, 0.15) is 5.54 Å². The first kappa shape index (κ1) is 23.2. The molecule has 9 nitrogen and oxygen atoms in total. The minimum atomic E-state index is -0.580. The highest BCUT2D eigenvalue weighted by molar-refractivity contribution is 5.94. The molecule has 2 aliphatic rings. The van der Waals surface area contributed by atoms with Crippen LogP contribution in [0, 0.1) is 0 Å². The first-order valence-corrected chi connectivity index (χ1v) is 11.9. The molecule has 1 saturated heterocycles. The summed E-state index contributed by atoms with van der Waals surface area (Å²) in [7, 11) is 0. The monoisotopic (exact) mass is 455 g/mol. The van der Waals surface area contributed by atoms with Gasteiger partial charge in [-0.3, -0.25) is 9.59 Å². The second-order valence-corrected chi connectivity index (χ2v) is 8.85. The van der Waals surface area contributed by atoms with Crippen LogP contribution in [0.4, 0.5) is 11.4 Å². The SMILES string of the molecule is CC(=O)NC1(c2noc(CCC(=O)Nc3ccccc3N3CCOCC3)n2)CCCCCC1. The van der Waals surface area contributed by atoms with Gasteiger partial charge in [0.25, 0.3) is 0 Å². The number of aromatic nitrogens is 2. The summed E-state index contributed by atoms with van der Waals surface area (Å²) in [6, 6.07) is 7.81. The van der Waals surface area contributed by atoms with Crippen molar-refractivity contribution >= 4 is 23.2 Å². The van der Waals surface area contributed by atoms with E-state index in [9.17, 15) is 9.59 Å². The molecule has 0 unspecified atom stereocenters. The number of para-hydroxylation sites is 2. The van der Waals surface area contributed by atoms with Crippen LogP contribution in [0.1, 0.15) is 63.6 Å². The van der Waals surface area contributed by atoms with Crippen molar-refractivity contribution in [2.75, 3.05) is 36.5 Å². The van der Waals surface area contributed by atoms with Crippen LogP contribution in [-0.4, -0.2) is 48.3 Å². The zero-order chi connectivity index (χ0) is 23.1. The highest BCUT2D eigenvalue weighted by atomic mass is 16.5. The van der Waals surface area contributed by atoms with Gasteiger partial charge in [-0.15, -0.1) is 0 Å². The van der Waals surface area contributed by atoms with Crippen molar-refractivity contribution in [2.24, 2.45) is 0 Å². The number of rotatable bonds is 7. The molecule has 1 aliphatic carbocycles. The highest BCUT2D eigenvalue weighted by Crippen LogP contribution is 2.34. The minimum absolute atomic E-state index is 0.0958. The Hall–Kier alpha value is -2.94. The third-order valence-corrected chi connectivity index (χ3v) is 6.36. The van der Waals surface area contributed by atoms with Crippen LogP contribution in [0.3, 0.4) is 0 Å². The van der Waals surface area contributed by atoms with Gasteiger partial charge in [-0.2, -0.15) is 4.98 Å². The first-order valence-electron chi connectivity index (χ1n) is 11.9. The number of hydrogen-bond donors (Lipinski definition) is 2. The number of benzene rings is 1. The molecule has 1 aromatic carbocycles. The maximum atomic E-state index is 12.7. The summed E-state index contributed by atoms with van der Waals surface area (Å²) in [6.45, 7) is 4.48. The minimum Gasteiger partial charge on any atom is -0.378 e. The fourth-order valence-electron chi connectivity index (χ4n) is 4.72. The maximum Gasteiger partial charge on any atom is 0.227 e. The van der Waals surface area contributed by atoms with E-state index < -0.39 is 5.54 Å². The summed E-state index contributed by atoms with van der Waals surface area (Å²) in [4.78, 5) is 31.4. The van der Waals surface area contributed by atoms with E-state index in [0.29, 0.717) is 31.3 Å². The molecule has 33 heavy (non-hydrogen) atoms. The molecule has 178 valence electrons. The van der Waals surface area contributed by atoms with Crippen molar-refractivity contribution in [3.63, 3.8) is 0 Å². The molecule has 2 N–H and O–H groups in total. The van der Waals surface area contributed by atoms with E-state index in [0.717, 1.165) is 63.0 Å². The van der Waals surface area contributed by atoms with Crippen LogP contribution >= 0.6 is 0 Å². The van der Waals surface area contributed by atoms with E-state index in [4.69, 9.17) is 9.26 Å². The van der Waals surface area contributed by atoms with Crippen LogP contribution in [0.2, 0.25) is 0 Å². The van der Waals surface area contributed by atoms with Crippen molar-refractivity contribution in [1.29, 1.82) is 0 Å². The van der Waals surface area contributed by atoms with Gasteiger partial charge in [0.2, 0.25) is 17.7 Å². The Morgan fingerprint density at radius 1 is 1.09 bits per heavy atom. The van der Waals surface area contributed by atoms with Gasteiger partial charge in [0.05, 0.1) is 24.6 Å². The number of aryl methyl sites for hydroxylation is 1. The lowest BCUT2D eigenvalue weighted by atomic mass is 9.89. The van der Waals surface area contributed by atoms with Crippen LogP contribution in [-0.2, 0) is 26.3 Å². The van der Waals surface area contributed by atoms with E-state index in [2.05, 4.69) is 25.7 Å². The quantitative estimate of drug-likeness (QED) is 0.617. The predicted molar refractivity (Wildman–Crippen MR) is 124 cm³/mol. The summed E-state index contributed by atoms with van der Waals surface area (Å²) < 4.78 is 10.9. The largest absolute Gasteiger partial charge is 0.378 e. The predicted octanol–water partition coefficient (Wildman–Crippen LogP) is 3.16. The molecule has 0 radical (unpaired) electrons. The zero-order valence-corrected chi connectivity index (χ0v) is 19.3. The molecule has 0 bridgehead atoms. The molecule has 9 heteroatoms. The molecular formula is C24H33N5O4. The average Bonchev–Trinajstić information content (AvgIpc) is 3.18. The van der Waals surface area contributed by atoms with Gasteiger partial charge in [-0.25, -0.2) is 0 Å². The van der Waals surface area contributed by atoms with Crippen molar-refractivity contribution < 1.29 is 18.8 Å². The summed E-state index contributed by atoms with van der Waals surface area (Å²) in [6.07, 6.45) is 6.45. The summed E-state index contributed by atoms with van der Waals surface area (Å²) in [5, 5.41) is 10.3. The molecule has 1 aromatic heterocycles. The number of morpholine rings is 1. The van der Waals surface area contributed by atoms with Crippen LogP contribution in [0.25, 0.3) is 0 Å². The van der Waals surface area contributed by atoms with Crippen molar-refractivity contribution in [3.05, 3.63) is 36.0 Å². The Bertz CT molecular complexity index is 946. The Morgan fingerprint density at radius 3 is 2.55 bits per heavy atom. The first-order chi connectivity index (χ1) is 16.1. The zero-order valence-electron chi connectivity index (χ0n) is 19.3. The third-order valence-electron chi connectivity index (χ3n) is 6.36. The van der Waals surface area contributed by atoms with Crippen molar-refractivity contribution in [3.8, 4) is 0 Å². The number of amides is 2. The Balaban J connectivity index is 1.38.